The lowest BCUT2D eigenvalue weighted by Crippen LogP contribution is -2.22. The van der Waals surface area contributed by atoms with Crippen LogP contribution in [0.5, 0.6) is 0 Å². The van der Waals surface area contributed by atoms with Gasteiger partial charge in [0.2, 0.25) is 0 Å². The molecule has 76 valence electrons. The summed E-state index contributed by atoms with van der Waals surface area (Å²) in [5, 5.41) is 3.42. The average molecular weight is 181 g/mol. The molecule has 0 spiro atoms. The zero-order chi connectivity index (χ0) is 10.2. The maximum Gasteiger partial charge on any atom is 0.00911 e. The Balaban J connectivity index is 3.45. The molecule has 0 fully saturated rings. The molecule has 0 radical (unpaired) electrons. The fourth-order valence-corrected chi connectivity index (χ4v) is 1.26. The highest BCUT2D eigenvalue weighted by molar-refractivity contribution is 4.86. The van der Waals surface area contributed by atoms with E-state index in [2.05, 4.69) is 32.0 Å². The molecule has 1 nitrogen and oxygen atoms in total. The molecule has 0 aliphatic heterocycles. The van der Waals surface area contributed by atoms with Gasteiger partial charge in [0.15, 0.2) is 0 Å². The molecule has 0 bridgehead atoms. The van der Waals surface area contributed by atoms with Crippen LogP contribution in [0.4, 0.5) is 0 Å². The molecule has 0 saturated heterocycles. The number of hydrogen-bond donors (Lipinski definition) is 1. The van der Waals surface area contributed by atoms with Crippen molar-refractivity contribution < 1.29 is 0 Å². The van der Waals surface area contributed by atoms with Crippen LogP contribution in [0.15, 0.2) is 0 Å². The van der Waals surface area contributed by atoms with Crippen LogP contribution in [0.1, 0.15) is 46.5 Å². The van der Waals surface area contributed by atoms with Crippen LogP contribution in [0.25, 0.3) is 0 Å². The first-order valence-corrected chi connectivity index (χ1v) is 5.26. The summed E-state index contributed by atoms with van der Waals surface area (Å²) < 4.78 is 0. The molecule has 0 amide bonds. The fraction of sp³-hybridized carbons (Fsp3) is 0.833. The monoisotopic (exact) mass is 181 g/mol. The second-order valence-electron chi connectivity index (χ2n) is 4.37. The van der Waals surface area contributed by atoms with Gasteiger partial charge in [-0.15, -0.1) is 12.3 Å². The van der Waals surface area contributed by atoms with Gasteiger partial charge in [0.05, 0.1) is 0 Å². The third-order valence-corrected chi connectivity index (χ3v) is 2.35. The Morgan fingerprint density at radius 1 is 1.23 bits per heavy atom. The van der Waals surface area contributed by atoms with Crippen LogP contribution in [-0.2, 0) is 0 Å². The van der Waals surface area contributed by atoms with E-state index in [0.29, 0.717) is 5.41 Å². The molecule has 1 N–H and O–H groups in total. The van der Waals surface area contributed by atoms with Crippen LogP contribution in [0.3, 0.4) is 0 Å². The minimum absolute atomic E-state index is 0.396. The molecule has 0 unspecified atom stereocenters. The SMILES string of the molecule is C#CCCC(C)(C)CCNCCC. The van der Waals surface area contributed by atoms with Gasteiger partial charge in [-0.2, -0.15) is 0 Å². The lowest BCUT2D eigenvalue weighted by Gasteiger charge is -2.23. The topological polar surface area (TPSA) is 12.0 Å². The average Bonchev–Trinajstić information content (AvgIpc) is 2.09. The maximum absolute atomic E-state index is 5.25. The van der Waals surface area contributed by atoms with Crippen molar-refractivity contribution in [2.75, 3.05) is 13.1 Å². The Kier molecular flexibility index (Phi) is 6.72. The molecule has 13 heavy (non-hydrogen) atoms. The maximum atomic E-state index is 5.25. The van der Waals surface area contributed by atoms with E-state index in [4.69, 9.17) is 6.42 Å². The van der Waals surface area contributed by atoms with Crippen LogP contribution >= 0.6 is 0 Å². The normalized spacial score (nSPS) is 11.2. The van der Waals surface area contributed by atoms with Gasteiger partial charge in [0.1, 0.15) is 0 Å². The number of terminal acetylenes is 1. The summed E-state index contributed by atoms with van der Waals surface area (Å²) in [5.74, 6) is 2.70. The van der Waals surface area contributed by atoms with Gasteiger partial charge in [-0.3, -0.25) is 0 Å². The summed E-state index contributed by atoms with van der Waals surface area (Å²) in [6, 6.07) is 0. The molecule has 0 heterocycles. The van der Waals surface area contributed by atoms with Crippen LogP contribution in [-0.4, -0.2) is 13.1 Å². The molecule has 0 aliphatic rings. The van der Waals surface area contributed by atoms with Gasteiger partial charge in [0.25, 0.3) is 0 Å². The van der Waals surface area contributed by atoms with Gasteiger partial charge in [-0.1, -0.05) is 20.8 Å². The van der Waals surface area contributed by atoms with Crippen molar-refractivity contribution in [1.29, 1.82) is 0 Å². The van der Waals surface area contributed by atoms with Crippen molar-refractivity contribution in [1.82, 2.24) is 5.32 Å². The second kappa shape index (κ2) is 6.97. The van der Waals surface area contributed by atoms with Crippen molar-refractivity contribution in [2.24, 2.45) is 5.41 Å². The summed E-state index contributed by atoms with van der Waals surface area (Å²) in [6.45, 7) is 9.02. The van der Waals surface area contributed by atoms with Crippen molar-refractivity contribution in [3.8, 4) is 12.3 Å². The van der Waals surface area contributed by atoms with Crippen molar-refractivity contribution in [3.63, 3.8) is 0 Å². The lowest BCUT2D eigenvalue weighted by atomic mass is 9.84. The molecule has 0 aliphatic carbocycles. The Hall–Kier alpha value is -0.480. The first-order valence-electron chi connectivity index (χ1n) is 5.26. The first kappa shape index (κ1) is 12.5. The zero-order valence-electron chi connectivity index (χ0n) is 9.32. The zero-order valence-corrected chi connectivity index (χ0v) is 9.32. The van der Waals surface area contributed by atoms with E-state index < -0.39 is 0 Å². The molecular formula is C12H23N. The minimum atomic E-state index is 0.396. The van der Waals surface area contributed by atoms with Gasteiger partial charge in [0, 0.05) is 6.42 Å². The molecular weight excluding hydrogens is 158 g/mol. The summed E-state index contributed by atoms with van der Waals surface area (Å²) in [7, 11) is 0. The Bertz CT molecular complexity index is 153. The van der Waals surface area contributed by atoms with E-state index in [9.17, 15) is 0 Å². The Labute approximate surface area is 83.3 Å². The van der Waals surface area contributed by atoms with Crippen molar-refractivity contribution in [2.45, 2.75) is 46.5 Å². The number of nitrogens with one attached hydrogen (secondary N) is 1. The minimum Gasteiger partial charge on any atom is -0.317 e. The Morgan fingerprint density at radius 2 is 1.92 bits per heavy atom. The smallest absolute Gasteiger partial charge is 0.00911 e. The van der Waals surface area contributed by atoms with Crippen LogP contribution < -0.4 is 5.32 Å². The Morgan fingerprint density at radius 3 is 2.46 bits per heavy atom. The number of rotatable bonds is 7. The molecule has 1 heteroatoms. The quantitative estimate of drug-likeness (QED) is 0.470. The van der Waals surface area contributed by atoms with E-state index in [1.54, 1.807) is 0 Å². The van der Waals surface area contributed by atoms with Crippen molar-refractivity contribution >= 4 is 0 Å². The van der Waals surface area contributed by atoms with Crippen molar-refractivity contribution in [3.05, 3.63) is 0 Å². The predicted molar refractivity (Wildman–Crippen MR) is 59.6 cm³/mol. The summed E-state index contributed by atoms with van der Waals surface area (Å²) in [6.07, 6.45) is 9.72. The lowest BCUT2D eigenvalue weighted by molar-refractivity contribution is 0.306. The van der Waals surface area contributed by atoms with E-state index in [-0.39, 0.29) is 0 Å². The molecule has 0 atom stereocenters. The largest absolute Gasteiger partial charge is 0.317 e. The third kappa shape index (κ3) is 7.87. The van der Waals surface area contributed by atoms with E-state index >= 15 is 0 Å². The van der Waals surface area contributed by atoms with E-state index in [0.717, 1.165) is 25.9 Å². The standard InChI is InChI=1S/C12H23N/c1-5-7-8-12(3,4)9-11-13-10-6-2/h1,13H,6-11H2,2-4H3. The molecule has 0 aromatic carbocycles. The first-order chi connectivity index (χ1) is 6.12. The fourth-order valence-electron chi connectivity index (χ4n) is 1.26. The van der Waals surface area contributed by atoms with Crippen LogP contribution in [0.2, 0.25) is 0 Å². The molecule has 0 aromatic rings. The molecule has 0 aromatic heterocycles. The molecule has 0 saturated carbocycles. The predicted octanol–water partition coefficient (Wildman–Crippen LogP) is 2.82. The number of hydrogen-bond acceptors (Lipinski definition) is 1. The summed E-state index contributed by atoms with van der Waals surface area (Å²) in [4.78, 5) is 0. The summed E-state index contributed by atoms with van der Waals surface area (Å²) in [5.41, 5.74) is 0.396. The highest BCUT2D eigenvalue weighted by atomic mass is 14.8. The second-order valence-corrected chi connectivity index (χ2v) is 4.37. The van der Waals surface area contributed by atoms with Crippen LogP contribution in [0, 0.1) is 17.8 Å². The van der Waals surface area contributed by atoms with Gasteiger partial charge in [-0.05, 0) is 37.8 Å². The molecule has 0 rings (SSSR count). The van der Waals surface area contributed by atoms with E-state index in [1.807, 2.05) is 0 Å². The highest BCUT2D eigenvalue weighted by Crippen LogP contribution is 2.25. The van der Waals surface area contributed by atoms with Gasteiger partial charge >= 0.3 is 0 Å². The highest BCUT2D eigenvalue weighted by Gasteiger charge is 2.15. The van der Waals surface area contributed by atoms with Gasteiger partial charge < -0.3 is 5.32 Å². The third-order valence-electron chi connectivity index (χ3n) is 2.35. The summed E-state index contributed by atoms with van der Waals surface area (Å²) >= 11 is 0. The van der Waals surface area contributed by atoms with E-state index in [1.165, 1.54) is 12.8 Å². The van der Waals surface area contributed by atoms with Gasteiger partial charge in [-0.25, -0.2) is 0 Å².